The summed E-state index contributed by atoms with van der Waals surface area (Å²) < 4.78 is 43.3. The number of rotatable bonds is 6. The van der Waals surface area contributed by atoms with E-state index in [1.165, 1.54) is 6.07 Å². The van der Waals surface area contributed by atoms with Gasteiger partial charge in [-0.15, -0.1) is 0 Å². The quantitative estimate of drug-likeness (QED) is 0.470. The van der Waals surface area contributed by atoms with Gasteiger partial charge >= 0.3 is 0 Å². The van der Waals surface area contributed by atoms with Gasteiger partial charge in [0.2, 0.25) is 5.79 Å². The number of methoxy groups -OCH3 is 1. The summed E-state index contributed by atoms with van der Waals surface area (Å²) in [6.07, 6.45) is 6.02. The predicted molar refractivity (Wildman–Crippen MR) is 115 cm³/mol. The highest BCUT2D eigenvalue weighted by atomic mass is 32.2. The van der Waals surface area contributed by atoms with E-state index in [-0.39, 0.29) is 23.3 Å². The highest BCUT2D eigenvalue weighted by molar-refractivity contribution is 7.87. The van der Waals surface area contributed by atoms with E-state index in [0.29, 0.717) is 11.9 Å². The Kier molecular flexibility index (Phi) is 5.76. The van der Waals surface area contributed by atoms with E-state index < -0.39 is 27.8 Å². The minimum atomic E-state index is -3.97. The summed E-state index contributed by atoms with van der Waals surface area (Å²) in [6.45, 7) is 1.90. The summed E-state index contributed by atoms with van der Waals surface area (Å²) in [6, 6.07) is 8.65. The molecule has 1 spiro atoms. The van der Waals surface area contributed by atoms with Crippen LogP contribution in [0.5, 0.6) is 0 Å². The van der Waals surface area contributed by atoms with Gasteiger partial charge in [-0.25, -0.2) is 9.78 Å². The lowest BCUT2D eigenvalue weighted by molar-refractivity contribution is -0.554. The first-order chi connectivity index (χ1) is 15.4. The van der Waals surface area contributed by atoms with Crippen molar-refractivity contribution < 1.29 is 31.8 Å². The van der Waals surface area contributed by atoms with Gasteiger partial charge in [0.25, 0.3) is 10.1 Å². The second-order valence-electron chi connectivity index (χ2n) is 9.10. The standard InChI is InChI=1S/C23H29NO7S/c1-22-13-11-17-8-4-9-18(23(17,31-30-22)21(27-2)29-22)12-15-28-32(25,26)19-10-3-6-16-7-5-14-24-20(16)19/h3,5-7,10,14,17-18,21H,4,8-9,11-13,15H2,1-2H3/t17-,18+,21+,22-,23-/m1/s1. The predicted octanol–water partition coefficient (Wildman–Crippen LogP) is 3.95. The molecular formula is C23H29NO7S. The molecule has 6 rings (SSSR count). The molecule has 1 aliphatic carbocycles. The first-order valence-corrected chi connectivity index (χ1v) is 12.6. The van der Waals surface area contributed by atoms with E-state index in [2.05, 4.69) is 4.98 Å². The van der Waals surface area contributed by atoms with Crippen LogP contribution in [0.15, 0.2) is 41.4 Å². The summed E-state index contributed by atoms with van der Waals surface area (Å²) in [4.78, 5) is 16.1. The van der Waals surface area contributed by atoms with Crippen molar-refractivity contribution in [3.05, 3.63) is 36.5 Å². The number of nitrogens with zero attached hydrogens (tertiary/aromatic N) is 1. The van der Waals surface area contributed by atoms with Crippen molar-refractivity contribution in [1.29, 1.82) is 0 Å². The molecule has 1 aromatic heterocycles. The normalized spacial score (nSPS) is 34.9. The van der Waals surface area contributed by atoms with Crippen LogP contribution >= 0.6 is 0 Å². The van der Waals surface area contributed by atoms with E-state index in [4.69, 9.17) is 23.4 Å². The Hall–Kier alpha value is -1.62. The van der Waals surface area contributed by atoms with Gasteiger partial charge in [-0.1, -0.05) is 24.6 Å². The minimum absolute atomic E-state index is 0.0188. The zero-order valence-electron chi connectivity index (χ0n) is 18.4. The van der Waals surface area contributed by atoms with Gasteiger partial charge in [-0.3, -0.25) is 9.17 Å². The number of hydrogen-bond acceptors (Lipinski definition) is 8. The monoisotopic (exact) mass is 463 g/mol. The van der Waals surface area contributed by atoms with E-state index in [1.54, 1.807) is 25.4 Å². The number of ether oxygens (including phenoxy) is 2. The third-order valence-corrected chi connectivity index (χ3v) is 8.54. The fraction of sp³-hybridized carbons (Fsp3) is 0.609. The lowest BCUT2D eigenvalue weighted by Gasteiger charge is -2.53. The molecule has 5 atom stereocenters. The van der Waals surface area contributed by atoms with Crippen LogP contribution in [0.2, 0.25) is 0 Å². The van der Waals surface area contributed by atoms with Crippen molar-refractivity contribution in [3.8, 4) is 0 Å². The Morgan fingerprint density at radius 3 is 2.84 bits per heavy atom. The van der Waals surface area contributed by atoms with Crippen molar-refractivity contribution in [1.82, 2.24) is 4.98 Å². The molecule has 0 amide bonds. The molecular weight excluding hydrogens is 434 g/mol. The summed E-state index contributed by atoms with van der Waals surface area (Å²) in [5.41, 5.74) is -0.358. The van der Waals surface area contributed by atoms with Gasteiger partial charge in [0.1, 0.15) is 4.90 Å². The molecule has 0 radical (unpaired) electrons. The molecule has 32 heavy (non-hydrogen) atoms. The molecule has 174 valence electrons. The Bertz CT molecular complexity index is 1090. The van der Waals surface area contributed by atoms with E-state index in [9.17, 15) is 8.42 Å². The summed E-state index contributed by atoms with van der Waals surface area (Å²) in [5, 5.41) is 0.750. The van der Waals surface area contributed by atoms with Crippen molar-refractivity contribution in [3.63, 3.8) is 0 Å². The van der Waals surface area contributed by atoms with Gasteiger partial charge in [0.05, 0.1) is 12.1 Å². The number of benzene rings is 1. The maximum atomic E-state index is 13.0. The molecule has 4 fully saturated rings. The molecule has 2 aromatic rings. The fourth-order valence-corrected chi connectivity index (χ4v) is 6.70. The maximum Gasteiger partial charge on any atom is 0.299 e. The van der Waals surface area contributed by atoms with Gasteiger partial charge in [0.15, 0.2) is 11.9 Å². The number of hydrogen-bond donors (Lipinski definition) is 0. The largest absolute Gasteiger partial charge is 0.353 e. The van der Waals surface area contributed by atoms with E-state index in [1.807, 2.05) is 19.1 Å². The van der Waals surface area contributed by atoms with E-state index in [0.717, 1.165) is 37.5 Å². The van der Waals surface area contributed by atoms with Crippen LogP contribution in [-0.4, -0.2) is 44.8 Å². The molecule has 8 nitrogen and oxygen atoms in total. The minimum Gasteiger partial charge on any atom is -0.353 e. The van der Waals surface area contributed by atoms with Crippen LogP contribution in [0.4, 0.5) is 0 Å². The molecule has 4 heterocycles. The van der Waals surface area contributed by atoms with Crippen LogP contribution in [0, 0.1) is 11.8 Å². The van der Waals surface area contributed by atoms with Crippen LogP contribution in [0.1, 0.15) is 45.4 Å². The smallest absolute Gasteiger partial charge is 0.299 e. The molecule has 0 unspecified atom stereocenters. The molecule has 4 aliphatic rings. The average Bonchev–Trinajstić information content (AvgIpc) is 3.03. The lowest BCUT2D eigenvalue weighted by Crippen LogP contribution is -2.63. The number of aromatic nitrogens is 1. The highest BCUT2D eigenvalue weighted by Gasteiger charge is 2.63. The fourth-order valence-electron chi connectivity index (χ4n) is 5.60. The van der Waals surface area contributed by atoms with Crippen molar-refractivity contribution in [2.45, 2.75) is 68.0 Å². The number of para-hydroxylation sites is 1. The van der Waals surface area contributed by atoms with E-state index >= 15 is 0 Å². The van der Waals surface area contributed by atoms with Gasteiger partial charge < -0.3 is 9.47 Å². The molecule has 3 aliphatic heterocycles. The van der Waals surface area contributed by atoms with Crippen molar-refractivity contribution in [2.75, 3.05) is 13.7 Å². The Labute approximate surface area is 188 Å². The van der Waals surface area contributed by atoms with Crippen molar-refractivity contribution >= 4 is 21.0 Å². The third-order valence-electron chi connectivity index (χ3n) is 7.20. The SMILES string of the molecule is CO[C@H]1O[C@@]2(C)CC[C@H]3CCC[C@@H](CCOS(=O)(=O)c4cccc5cccnc45)[C@]31OO2. The second kappa shape index (κ2) is 8.30. The summed E-state index contributed by atoms with van der Waals surface area (Å²) in [7, 11) is -2.35. The Balaban J connectivity index is 1.35. The van der Waals surface area contributed by atoms with Crippen LogP contribution in [0.25, 0.3) is 10.9 Å². The second-order valence-corrected chi connectivity index (χ2v) is 10.7. The topological polar surface area (TPSA) is 93.2 Å². The molecule has 3 saturated heterocycles. The number of pyridine rings is 1. The maximum absolute atomic E-state index is 13.0. The molecule has 0 N–H and O–H groups in total. The summed E-state index contributed by atoms with van der Waals surface area (Å²) in [5.74, 6) is -0.626. The van der Waals surface area contributed by atoms with Crippen LogP contribution in [-0.2, 0) is 33.6 Å². The highest BCUT2D eigenvalue weighted by Crippen LogP contribution is 2.55. The number of fused-ring (bicyclic) bond motifs is 4. The molecule has 1 saturated carbocycles. The average molecular weight is 464 g/mol. The summed E-state index contributed by atoms with van der Waals surface area (Å²) >= 11 is 0. The van der Waals surface area contributed by atoms with Crippen molar-refractivity contribution in [2.24, 2.45) is 11.8 Å². The first-order valence-electron chi connectivity index (χ1n) is 11.2. The van der Waals surface area contributed by atoms with Gasteiger partial charge in [0, 0.05) is 25.1 Å². The Morgan fingerprint density at radius 1 is 1.16 bits per heavy atom. The zero-order valence-corrected chi connectivity index (χ0v) is 19.2. The van der Waals surface area contributed by atoms with Gasteiger partial charge in [-0.2, -0.15) is 8.42 Å². The zero-order chi connectivity index (χ0) is 22.4. The van der Waals surface area contributed by atoms with Crippen LogP contribution in [0.3, 0.4) is 0 Å². The Morgan fingerprint density at radius 2 is 2.00 bits per heavy atom. The first kappa shape index (κ1) is 22.2. The molecule has 2 bridgehead atoms. The molecule has 1 aromatic carbocycles. The van der Waals surface area contributed by atoms with Crippen LogP contribution < -0.4 is 0 Å². The lowest BCUT2D eigenvalue weighted by atomic mass is 9.65. The molecule has 9 heteroatoms. The third kappa shape index (κ3) is 3.65. The van der Waals surface area contributed by atoms with Gasteiger partial charge in [-0.05, 0) is 56.6 Å².